The van der Waals surface area contributed by atoms with Gasteiger partial charge in [0.15, 0.2) is 0 Å². The summed E-state index contributed by atoms with van der Waals surface area (Å²) >= 11 is 0. The van der Waals surface area contributed by atoms with Gasteiger partial charge in [-0.05, 0) is 30.8 Å². The van der Waals surface area contributed by atoms with Crippen molar-refractivity contribution >= 4 is 22.7 Å². The SMILES string of the molecule is CN(C/C=C/c1ccc([N+](=O)[O-])cc1)Cc1coc2ccccc12. The highest BCUT2D eigenvalue weighted by Crippen LogP contribution is 2.21. The molecule has 5 heteroatoms. The number of non-ortho nitro benzene ring substituents is 1. The maximum Gasteiger partial charge on any atom is 0.269 e. The summed E-state index contributed by atoms with van der Waals surface area (Å²) in [7, 11) is 2.04. The van der Waals surface area contributed by atoms with Crippen molar-refractivity contribution < 1.29 is 9.34 Å². The zero-order valence-electron chi connectivity index (χ0n) is 13.4. The fourth-order valence-electron chi connectivity index (χ4n) is 2.59. The average Bonchev–Trinajstić information content (AvgIpc) is 2.98. The second-order valence-corrected chi connectivity index (χ2v) is 5.70. The van der Waals surface area contributed by atoms with Crippen LogP contribution in [0.4, 0.5) is 5.69 Å². The van der Waals surface area contributed by atoms with Gasteiger partial charge >= 0.3 is 0 Å². The van der Waals surface area contributed by atoms with Crippen LogP contribution in [0.5, 0.6) is 0 Å². The second kappa shape index (κ2) is 7.10. The number of nitrogens with zero attached hydrogens (tertiary/aromatic N) is 2. The van der Waals surface area contributed by atoms with Gasteiger partial charge < -0.3 is 4.42 Å². The van der Waals surface area contributed by atoms with Crippen molar-refractivity contribution in [2.45, 2.75) is 6.54 Å². The highest BCUT2D eigenvalue weighted by atomic mass is 16.6. The molecule has 5 nitrogen and oxygen atoms in total. The summed E-state index contributed by atoms with van der Waals surface area (Å²) in [6.07, 6.45) is 5.82. The lowest BCUT2D eigenvalue weighted by Gasteiger charge is -2.13. The number of benzene rings is 2. The van der Waals surface area contributed by atoms with Gasteiger partial charge in [0.05, 0.1) is 11.2 Å². The monoisotopic (exact) mass is 322 g/mol. The Labute approximate surface area is 140 Å². The van der Waals surface area contributed by atoms with Gasteiger partial charge in [0.25, 0.3) is 5.69 Å². The molecule has 24 heavy (non-hydrogen) atoms. The first kappa shape index (κ1) is 16.0. The number of rotatable bonds is 6. The van der Waals surface area contributed by atoms with Crippen LogP contribution in [0.2, 0.25) is 0 Å². The molecule has 3 rings (SSSR count). The lowest BCUT2D eigenvalue weighted by atomic mass is 10.1. The van der Waals surface area contributed by atoms with Crippen LogP contribution in [0, 0.1) is 10.1 Å². The Morgan fingerprint density at radius 1 is 1.17 bits per heavy atom. The zero-order valence-corrected chi connectivity index (χ0v) is 13.4. The molecule has 2 aromatic carbocycles. The first-order valence-electron chi connectivity index (χ1n) is 7.68. The number of hydrogen-bond acceptors (Lipinski definition) is 4. The molecule has 1 heterocycles. The van der Waals surface area contributed by atoms with E-state index in [1.54, 1.807) is 18.4 Å². The van der Waals surface area contributed by atoms with Crippen LogP contribution >= 0.6 is 0 Å². The molecule has 0 N–H and O–H groups in total. The summed E-state index contributed by atoms with van der Waals surface area (Å²) < 4.78 is 5.55. The lowest BCUT2D eigenvalue weighted by molar-refractivity contribution is -0.384. The fraction of sp³-hybridized carbons (Fsp3) is 0.158. The average molecular weight is 322 g/mol. The van der Waals surface area contributed by atoms with Crippen LogP contribution in [-0.4, -0.2) is 23.4 Å². The van der Waals surface area contributed by atoms with E-state index >= 15 is 0 Å². The molecule has 0 radical (unpaired) electrons. The quantitative estimate of drug-likeness (QED) is 0.496. The van der Waals surface area contributed by atoms with E-state index in [0.717, 1.165) is 35.2 Å². The van der Waals surface area contributed by atoms with Crippen molar-refractivity contribution in [2.24, 2.45) is 0 Å². The van der Waals surface area contributed by atoms with Gasteiger partial charge in [-0.2, -0.15) is 0 Å². The number of likely N-dealkylation sites (N-methyl/N-ethyl adjacent to an activating group) is 1. The molecule has 0 saturated heterocycles. The third-order valence-corrected chi connectivity index (χ3v) is 3.83. The fourth-order valence-corrected chi connectivity index (χ4v) is 2.59. The van der Waals surface area contributed by atoms with E-state index in [9.17, 15) is 10.1 Å². The molecule has 0 amide bonds. The number of nitro groups is 1. The number of hydrogen-bond donors (Lipinski definition) is 0. The molecule has 3 aromatic rings. The molecule has 0 aliphatic rings. The van der Waals surface area contributed by atoms with Crippen LogP contribution in [-0.2, 0) is 6.54 Å². The Balaban J connectivity index is 1.59. The van der Waals surface area contributed by atoms with Crippen LogP contribution in [0.15, 0.2) is 65.3 Å². The summed E-state index contributed by atoms with van der Waals surface area (Å²) in [5, 5.41) is 11.8. The van der Waals surface area contributed by atoms with Crippen LogP contribution in [0.25, 0.3) is 17.0 Å². The third kappa shape index (κ3) is 3.70. The predicted molar refractivity (Wildman–Crippen MR) is 94.7 cm³/mol. The topological polar surface area (TPSA) is 59.5 Å². The minimum atomic E-state index is -0.392. The van der Waals surface area contributed by atoms with E-state index in [4.69, 9.17) is 4.42 Å². The minimum absolute atomic E-state index is 0.108. The van der Waals surface area contributed by atoms with Crippen LogP contribution in [0.1, 0.15) is 11.1 Å². The smallest absolute Gasteiger partial charge is 0.269 e. The van der Waals surface area contributed by atoms with Crippen molar-refractivity contribution in [2.75, 3.05) is 13.6 Å². The largest absolute Gasteiger partial charge is 0.464 e. The highest BCUT2D eigenvalue weighted by Gasteiger charge is 2.07. The Morgan fingerprint density at radius 2 is 1.92 bits per heavy atom. The molecule has 0 spiro atoms. The van der Waals surface area contributed by atoms with Gasteiger partial charge in [0, 0.05) is 36.2 Å². The maximum atomic E-state index is 10.6. The minimum Gasteiger partial charge on any atom is -0.464 e. The van der Waals surface area contributed by atoms with E-state index in [-0.39, 0.29) is 5.69 Å². The van der Waals surface area contributed by atoms with Gasteiger partial charge in [-0.3, -0.25) is 15.0 Å². The number of fused-ring (bicyclic) bond motifs is 1. The summed E-state index contributed by atoms with van der Waals surface area (Å²) in [6, 6.07) is 14.5. The predicted octanol–water partition coefficient (Wildman–Crippen LogP) is 4.49. The van der Waals surface area contributed by atoms with Gasteiger partial charge in [-0.15, -0.1) is 0 Å². The van der Waals surface area contributed by atoms with Gasteiger partial charge in [-0.25, -0.2) is 0 Å². The first-order valence-corrected chi connectivity index (χ1v) is 7.68. The number of para-hydroxylation sites is 1. The van der Waals surface area contributed by atoms with E-state index in [2.05, 4.69) is 11.0 Å². The molecule has 0 unspecified atom stereocenters. The Kier molecular flexibility index (Phi) is 4.72. The Bertz CT molecular complexity index is 866. The van der Waals surface area contributed by atoms with E-state index in [1.807, 2.05) is 37.4 Å². The number of furan rings is 1. The van der Waals surface area contributed by atoms with E-state index in [1.165, 1.54) is 12.1 Å². The molecule has 0 bridgehead atoms. The standard InChI is InChI=1S/C19H18N2O3/c1-20(13-16-14-24-19-7-3-2-6-18(16)19)12-4-5-15-8-10-17(11-9-15)21(22)23/h2-11,14H,12-13H2,1H3/b5-4+. The Hall–Kier alpha value is -2.92. The molecular formula is C19H18N2O3. The van der Waals surface area contributed by atoms with Crippen molar-refractivity contribution in [3.8, 4) is 0 Å². The molecule has 0 aliphatic heterocycles. The molecule has 0 aliphatic carbocycles. The van der Waals surface area contributed by atoms with Crippen molar-refractivity contribution in [3.63, 3.8) is 0 Å². The lowest BCUT2D eigenvalue weighted by Crippen LogP contribution is -2.17. The summed E-state index contributed by atoms with van der Waals surface area (Å²) in [6.45, 7) is 1.57. The maximum absolute atomic E-state index is 10.6. The molecule has 1 aromatic heterocycles. The Morgan fingerprint density at radius 3 is 2.67 bits per heavy atom. The number of nitro benzene ring substituents is 1. The van der Waals surface area contributed by atoms with E-state index in [0.29, 0.717) is 0 Å². The summed E-state index contributed by atoms with van der Waals surface area (Å²) in [5.41, 5.74) is 3.12. The first-order chi connectivity index (χ1) is 11.6. The van der Waals surface area contributed by atoms with E-state index < -0.39 is 4.92 Å². The van der Waals surface area contributed by atoms with Crippen LogP contribution < -0.4 is 0 Å². The normalized spacial score (nSPS) is 11.6. The van der Waals surface area contributed by atoms with Gasteiger partial charge in [0.2, 0.25) is 0 Å². The zero-order chi connectivity index (χ0) is 16.9. The van der Waals surface area contributed by atoms with Gasteiger partial charge in [-0.1, -0.05) is 30.4 Å². The van der Waals surface area contributed by atoms with Crippen molar-refractivity contribution in [3.05, 3.63) is 82.1 Å². The van der Waals surface area contributed by atoms with Crippen molar-refractivity contribution in [1.82, 2.24) is 4.90 Å². The molecular weight excluding hydrogens is 304 g/mol. The molecule has 0 saturated carbocycles. The molecule has 122 valence electrons. The van der Waals surface area contributed by atoms with Gasteiger partial charge in [0.1, 0.15) is 5.58 Å². The summed E-state index contributed by atoms with van der Waals surface area (Å²) in [4.78, 5) is 12.4. The summed E-state index contributed by atoms with van der Waals surface area (Å²) in [5.74, 6) is 0. The third-order valence-electron chi connectivity index (χ3n) is 3.83. The van der Waals surface area contributed by atoms with Crippen LogP contribution in [0.3, 0.4) is 0 Å². The second-order valence-electron chi connectivity index (χ2n) is 5.70. The molecule has 0 atom stereocenters. The van der Waals surface area contributed by atoms with Crippen molar-refractivity contribution in [1.29, 1.82) is 0 Å². The highest BCUT2D eigenvalue weighted by molar-refractivity contribution is 5.80. The molecule has 0 fully saturated rings.